The lowest BCUT2D eigenvalue weighted by atomic mass is 9.86. The summed E-state index contributed by atoms with van der Waals surface area (Å²) < 4.78 is 44.9. The van der Waals surface area contributed by atoms with Gasteiger partial charge in [0.05, 0.1) is 0 Å². The minimum Gasteiger partial charge on any atom is -0.481 e. The first-order valence-corrected chi connectivity index (χ1v) is 7.24. The summed E-state index contributed by atoms with van der Waals surface area (Å²) in [4.78, 5) is 24.5. The van der Waals surface area contributed by atoms with E-state index in [0.29, 0.717) is 11.0 Å². The Kier molecular flexibility index (Phi) is 3.58. The highest BCUT2D eigenvalue weighted by Crippen LogP contribution is 2.46. The maximum Gasteiger partial charge on any atom is 0.406 e. The highest BCUT2D eigenvalue weighted by atomic mass is 19.4. The Bertz CT molecular complexity index is 826. The van der Waals surface area contributed by atoms with Gasteiger partial charge in [-0.1, -0.05) is 11.6 Å². The molecule has 1 N–H and O–H groups in total. The molecule has 3 rings (SSSR count). The van der Waals surface area contributed by atoms with Crippen molar-refractivity contribution in [2.75, 3.05) is 13.1 Å². The number of carboxylic acids is 1. The van der Waals surface area contributed by atoms with Crippen LogP contribution in [0, 0.1) is 12.3 Å². The monoisotopic (exact) mass is 341 g/mol. The van der Waals surface area contributed by atoms with E-state index >= 15 is 0 Å². The molecule has 2 heterocycles. The Balaban J connectivity index is 1.89. The van der Waals surface area contributed by atoms with Crippen molar-refractivity contribution in [1.82, 2.24) is 4.90 Å². The fourth-order valence-corrected chi connectivity index (χ4v) is 2.93. The minimum atomic E-state index is -4.93. The number of nitrogens with zero attached hydrogens (tertiary/aromatic N) is 1. The van der Waals surface area contributed by atoms with Gasteiger partial charge in [-0.3, -0.25) is 9.59 Å². The highest BCUT2D eigenvalue weighted by Gasteiger charge is 2.64. The van der Waals surface area contributed by atoms with Crippen molar-refractivity contribution < 1.29 is 32.3 Å². The van der Waals surface area contributed by atoms with E-state index < -0.39 is 36.4 Å². The molecule has 24 heavy (non-hydrogen) atoms. The number of rotatable bonds is 2. The molecule has 5 nitrogen and oxygen atoms in total. The van der Waals surface area contributed by atoms with Crippen LogP contribution in [0.5, 0.6) is 0 Å². The van der Waals surface area contributed by atoms with E-state index in [0.717, 1.165) is 10.5 Å². The van der Waals surface area contributed by atoms with Gasteiger partial charge in [-0.2, -0.15) is 13.2 Å². The predicted molar refractivity (Wildman–Crippen MR) is 77.6 cm³/mol. The molecule has 1 amide bonds. The predicted octanol–water partition coefficient (Wildman–Crippen LogP) is 3.22. The van der Waals surface area contributed by atoms with Gasteiger partial charge >= 0.3 is 12.1 Å². The van der Waals surface area contributed by atoms with E-state index in [2.05, 4.69) is 0 Å². The molecule has 1 atom stereocenters. The summed E-state index contributed by atoms with van der Waals surface area (Å²) in [5.41, 5.74) is -1.53. The number of aryl methyl sites for hydroxylation is 1. The molecule has 1 aromatic heterocycles. The normalized spacial score (nSPS) is 21.4. The number of hydrogen-bond donors (Lipinski definition) is 1. The summed E-state index contributed by atoms with van der Waals surface area (Å²) in [5.74, 6) is -2.80. The number of carbonyl (C=O) groups is 2. The van der Waals surface area contributed by atoms with Gasteiger partial charge in [0, 0.05) is 18.5 Å². The Hall–Kier alpha value is -2.51. The molecule has 128 valence electrons. The highest BCUT2D eigenvalue weighted by molar-refractivity contribution is 5.97. The topological polar surface area (TPSA) is 70.8 Å². The number of carbonyl (C=O) groups excluding carboxylic acids is 1. The number of alkyl halides is 3. The molecule has 0 spiro atoms. The molecular formula is C16H14F3NO4. The summed E-state index contributed by atoms with van der Waals surface area (Å²) in [5, 5.41) is 9.70. The molecule has 1 aromatic carbocycles. The first kappa shape index (κ1) is 16.4. The average molecular weight is 341 g/mol. The van der Waals surface area contributed by atoms with Crippen molar-refractivity contribution in [2.45, 2.75) is 19.5 Å². The zero-order valence-corrected chi connectivity index (χ0v) is 12.7. The van der Waals surface area contributed by atoms with Crippen LogP contribution < -0.4 is 0 Å². The van der Waals surface area contributed by atoms with E-state index in [1.54, 1.807) is 18.2 Å². The average Bonchev–Trinajstić information content (AvgIpc) is 3.10. The van der Waals surface area contributed by atoms with Crippen molar-refractivity contribution in [1.29, 1.82) is 0 Å². The molecule has 0 aliphatic carbocycles. The van der Waals surface area contributed by atoms with Gasteiger partial charge in [0.1, 0.15) is 5.58 Å². The molecule has 1 fully saturated rings. The third kappa shape index (κ3) is 2.42. The second-order valence-electron chi connectivity index (χ2n) is 6.01. The number of hydrogen-bond acceptors (Lipinski definition) is 3. The Morgan fingerprint density at radius 1 is 1.29 bits per heavy atom. The Morgan fingerprint density at radius 3 is 2.58 bits per heavy atom. The molecule has 1 unspecified atom stereocenters. The summed E-state index contributed by atoms with van der Waals surface area (Å²) in [7, 11) is 0. The van der Waals surface area contributed by atoms with Gasteiger partial charge in [-0.15, -0.1) is 0 Å². The van der Waals surface area contributed by atoms with Crippen LogP contribution in [0.1, 0.15) is 22.5 Å². The first-order chi connectivity index (χ1) is 11.1. The van der Waals surface area contributed by atoms with Crippen molar-refractivity contribution in [2.24, 2.45) is 5.41 Å². The number of furan rings is 1. The smallest absolute Gasteiger partial charge is 0.406 e. The van der Waals surface area contributed by atoms with Crippen LogP contribution in [0.2, 0.25) is 0 Å². The van der Waals surface area contributed by atoms with Crippen LogP contribution in [0.25, 0.3) is 11.0 Å². The van der Waals surface area contributed by atoms with E-state index in [1.165, 1.54) is 6.07 Å². The Labute approximate surface area is 134 Å². The lowest BCUT2D eigenvalue weighted by Gasteiger charge is -2.26. The van der Waals surface area contributed by atoms with Gasteiger partial charge in [0.25, 0.3) is 5.91 Å². The summed E-state index contributed by atoms with van der Waals surface area (Å²) in [6, 6.07) is 6.70. The number of benzene rings is 1. The van der Waals surface area contributed by atoms with Crippen molar-refractivity contribution >= 4 is 22.8 Å². The molecule has 2 aromatic rings. The van der Waals surface area contributed by atoms with Crippen LogP contribution in [0.3, 0.4) is 0 Å². The summed E-state index contributed by atoms with van der Waals surface area (Å²) in [6.45, 7) is 0.653. The number of carboxylic acid groups (broad SMARTS) is 1. The van der Waals surface area contributed by atoms with Gasteiger partial charge in [0.2, 0.25) is 0 Å². The third-order valence-electron chi connectivity index (χ3n) is 4.39. The number of fused-ring (bicyclic) bond motifs is 1. The third-order valence-corrected chi connectivity index (χ3v) is 4.39. The molecule has 1 aliphatic heterocycles. The van der Waals surface area contributed by atoms with Crippen LogP contribution in [0.4, 0.5) is 13.2 Å². The van der Waals surface area contributed by atoms with E-state index in [1.807, 2.05) is 6.92 Å². The maximum absolute atomic E-state index is 13.2. The molecule has 0 bridgehead atoms. The van der Waals surface area contributed by atoms with Gasteiger partial charge in [-0.05, 0) is 31.5 Å². The number of likely N-dealkylation sites (tertiary alicyclic amines) is 1. The second-order valence-corrected chi connectivity index (χ2v) is 6.01. The molecule has 0 saturated carbocycles. The van der Waals surface area contributed by atoms with Gasteiger partial charge < -0.3 is 14.4 Å². The fourth-order valence-electron chi connectivity index (χ4n) is 2.93. The van der Waals surface area contributed by atoms with Crippen molar-refractivity contribution in [3.63, 3.8) is 0 Å². The van der Waals surface area contributed by atoms with E-state index in [9.17, 15) is 22.8 Å². The molecule has 0 radical (unpaired) electrons. The first-order valence-electron chi connectivity index (χ1n) is 7.24. The second kappa shape index (κ2) is 5.25. The lowest BCUT2D eigenvalue weighted by molar-refractivity contribution is -0.227. The largest absolute Gasteiger partial charge is 0.481 e. The number of aliphatic carboxylic acids is 1. The van der Waals surface area contributed by atoms with Crippen molar-refractivity contribution in [3.8, 4) is 0 Å². The number of halogens is 3. The van der Waals surface area contributed by atoms with Crippen LogP contribution in [-0.4, -0.2) is 41.1 Å². The minimum absolute atomic E-state index is 0.0982. The molecule has 1 aliphatic rings. The van der Waals surface area contributed by atoms with Crippen LogP contribution in [0.15, 0.2) is 28.7 Å². The van der Waals surface area contributed by atoms with E-state index in [-0.39, 0.29) is 12.3 Å². The molecular weight excluding hydrogens is 327 g/mol. The van der Waals surface area contributed by atoms with Crippen LogP contribution >= 0.6 is 0 Å². The summed E-state index contributed by atoms with van der Waals surface area (Å²) in [6.07, 6.45) is -5.60. The van der Waals surface area contributed by atoms with E-state index in [4.69, 9.17) is 9.52 Å². The van der Waals surface area contributed by atoms with Gasteiger partial charge in [-0.25, -0.2) is 0 Å². The van der Waals surface area contributed by atoms with Gasteiger partial charge in [0.15, 0.2) is 11.2 Å². The standard InChI is InChI=1S/C16H14F3NO4/c1-9-2-3-11-10(6-9)7-12(24-11)13(21)20-5-4-15(8-20,14(22)23)16(17,18)19/h2-3,6-7H,4-5,8H2,1H3,(H,22,23). The molecule has 1 saturated heterocycles. The van der Waals surface area contributed by atoms with Crippen molar-refractivity contribution in [3.05, 3.63) is 35.6 Å². The SMILES string of the molecule is Cc1ccc2oc(C(=O)N3CCC(C(=O)O)(C(F)(F)F)C3)cc2c1. The molecule has 8 heteroatoms. The quantitative estimate of drug-likeness (QED) is 0.910. The Morgan fingerprint density at radius 2 is 2.00 bits per heavy atom. The summed E-state index contributed by atoms with van der Waals surface area (Å²) >= 11 is 0. The fraction of sp³-hybridized carbons (Fsp3) is 0.375. The maximum atomic E-state index is 13.2. The zero-order chi connectivity index (χ0) is 17.7. The van der Waals surface area contributed by atoms with Crippen LogP contribution in [-0.2, 0) is 4.79 Å². The lowest BCUT2D eigenvalue weighted by Crippen LogP contribution is -2.47. The zero-order valence-electron chi connectivity index (χ0n) is 12.7. The number of amides is 1.